The van der Waals surface area contributed by atoms with Gasteiger partial charge in [-0.2, -0.15) is 0 Å². The van der Waals surface area contributed by atoms with Crippen LogP contribution in [0.3, 0.4) is 0 Å². The van der Waals surface area contributed by atoms with E-state index in [0.29, 0.717) is 12.1 Å². The molecule has 16 heavy (non-hydrogen) atoms. The minimum Gasteiger partial charge on any atom is -0.313 e. The Labute approximate surface area is 101 Å². The molecule has 0 saturated heterocycles. The largest absolute Gasteiger partial charge is 0.313 e. The van der Waals surface area contributed by atoms with Crippen molar-refractivity contribution in [1.29, 1.82) is 0 Å². The van der Waals surface area contributed by atoms with Gasteiger partial charge in [-0.1, -0.05) is 39.3 Å². The van der Waals surface area contributed by atoms with E-state index >= 15 is 0 Å². The summed E-state index contributed by atoms with van der Waals surface area (Å²) in [6.07, 6.45) is 3.60. The Kier molecular flexibility index (Phi) is 5.50. The lowest BCUT2D eigenvalue weighted by molar-refractivity contribution is 0.158. The first kappa shape index (κ1) is 13.7. The van der Waals surface area contributed by atoms with Crippen molar-refractivity contribution in [3.05, 3.63) is 11.6 Å². The van der Waals surface area contributed by atoms with Crippen LogP contribution in [0.15, 0.2) is 11.6 Å². The van der Waals surface area contributed by atoms with E-state index in [9.17, 15) is 0 Å². The Morgan fingerprint density at radius 2 is 2.00 bits per heavy atom. The van der Waals surface area contributed by atoms with Gasteiger partial charge >= 0.3 is 0 Å². The Hall–Kier alpha value is -0.340. The van der Waals surface area contributed by atoms with Gasteiger partial charge in [-0.3, -0.25) is 4.90 Å². The Bertz CT molecular complexity index is 231. The van der Waals surface area contributed by atoms with Crippen LogP contribution in [-0.4, -0.2) is 36.6 Å². The number of rotatable bonds is 5. The van der Waals surface area contributed by atoms with Crippen molar-refractivity contribution in [2.45, 2.75) is 53.1 Å². The van der Waals surface area contributed by atoms with Crippen LogP contribution < -0.4 is 5.32 Å². The lowest BCUT2D eigenvalue weighted by Gasteiger charge is -2.37. The molecule has 0 saturated carbocycles. The highest BCUT2D eigenvalue weighted by Gasteiger charge is 2.23. The maximum absolute atomic E-state index is 3.58. The summed E-state index contributed by atoms with van der Waals surface area (Å²) < 4.78 is 0. The highest BCUT2D eigenvalue weighted by atomic mass is 15.2. The fourth-order valence-corrected chi connectivity index (χ4v) is 2.37. The zero-order valence-corrected chi connectivity index (χ0v) is 11.6. The van der Waals surface area contributed by atoms with Gasteiger partial charge in [0.1, 0.15) is 0 Å². The van der Waals surface area contributed by atoms with Gasteiger partial charge < -0.3 is 5.32 Å². The molecule has 0 aromatic rings. The summed E-state index contributed by atoms with van der Waals surface area (Å²) in [5, 5.41) is 3.58. The molecule has 1 rings (SSSR count). The monoisotopic (exact) mass is 224 g/mol. The lowest BCUT2D eigenvalue weighted by Crippen LogP contribution is -2.48. The third-order valence-corrected chi connectivity index (χ3v) is 3.34. The first-order chi connectivity index (χ1) is 7.50. The molecule has 0 aromatic heterocycles. The Morgan fingerprint density at radius 1 is 1.31 bits per heavy atom. The van der Waals surface area contributed by atoms with Crippen LogP contribution in [0.5, 0.6) is 0 Å². The van der Waals surface area contributed by atoms with Gasteiger partial charge in [0.25, 0.3) is 0 Å². The number of nitrogens with zero attached hydrogens (tertiary/aromatic N) is 1. The molecule has 2 nitrogen and oxygen atoms in total. The van der Waals surface area contributed by atoms with Crippen molar-refractivity contribution in [2.24, 2.45) is 5.92 Å². The summed E-state index contributed by atoms with van der Waals surface area (Å²) in [6.45, 7) is 14.8. The van der Waals surface area contributed by atoms with Crippen LogP contribution in [-0.2, 0) is 0 Å². The quantitative estimate of drug-likeness (QED) is 0.722. The van der Waals surface area contributed by atoms with E-state index in [1.165, 1.54) is 18.5 Å². The molecule has 2 heteroatoms. The molecular formula is C14H28N2. The lowest BCUT2D eigenvalue weighted by atomic mass is 9.99. The smallest absolute Gasteiger partial charge is 0.0247 e. The summed E-state index contributed by atoms with van der Waals surface area (Å²) in [5.41, 5.74) is 1.53. The molecule has 94 valence electrons. The SMILES string of the molecule is CC1=CCCN(C(CNC(C)C)C(C)C)C1. The second-order valence-corrected chi connectivity index (χ2v) is 5.68. The van der Waals surface area contributed by atoms with Gasteiger partial charge in [0, 0.05) is 31.7 Å². The third-order valence-electron chi connectivity index (χ3n) is 3.34. The molecule has 0 aliphatic carbocycles. The molecule has 0 amide bonds. The zero-order chi connectivity index (χ0) is 12.1. The fraction of sp³-hybridized carbons (Fsp3) is 0.857. The maximum atomic E-state index is 3.58. The van der Waals surface area contributed by atoms with E-state index in [-0.39, 0.29) is 0 Å². The maximum Gasteiger partial charge on any atom is 0.0247 e. The van der Waals surface area contributed by atoms with Crippen LogP contribution in [0, 0.1) is 5.92 Å². The molecule has 1 heterocycles. The van der Waals surface area contributed by atoms with Crippen LogP contribution in [0.4, 0.5) is 0 Å². The average molecular weight is 224 g/mol. The number of hydrogen-bond acceptors (Lipinski definition) is 2. The van der Waals surface area contributed by atoms with E-state index < -0.39 is 0 Å². The van der Waals surface area contributed by atoms with Crippen LogP contribution in [0.2, 0.25) is 0 Å². The number of hydrogen-bond donors (Lipinski definition) is 1. The van der Waals surface area contributed by atoms with Gasteiger partial charge in [0.15, 0.2) is 0 Å². The van der Waals surface area contributed by atoms with Gasteiger partial charge in [-0.25, -0.2) is 0 Å². The van der Waals surface area contributed by atoms with E-state index in [4.69, 9.17) is 0 Å². The third kappa shape index (κ3) is 4.26. The molecular weight excluding hydrogens is 196 g/mol. The molecule has 0 bridgehead atoms. The molecule has 0 radical (unpaired) electrons. The molecule has 1 atom stereocenters. The fourth-order valence-electron chi connectivity index (χ4n) is 2.37. The first-order valence-electron chi connectivity index (χ1n) is 6.63. The molecule has 1 aliphatic heterocycles. The van der Waals surface area contributed by atoms with Crippen molar-refractivity contribution >= 4 is 0 Å². The van der Waals surface area contributed by atoms with Crippen molar-refractivity contribution in [2.75, 3.05) is 19.6 Å². The first-order valence-corrected chi connectivity index (χ1v) is 6.63. The second-order valence-electron chi connectivity index (χ2n) is 5.68. The van der Waals surface area contributed by atoms with Gasteiger partial charge in [0.05, 0.1) is 0 Å². The zero-order valence-electron chi connectivity index (χ0n) is 11.6. The van der Waals surface area contributed by atoms with Crippen molar-refractivity contribution in [3.63, 3.8) is 0 Å². The summed E-state index contributed by atoms with van der Waals surface area (Å²) in [5.74, 6) is 0.720. The number of nitrogens with one attached hydrogen (secondary N) is 1. The van der Waals surface area contributed by atoms with E-state index in [2.05, 4.69) is 50.9 Å². The standard InChI is InChI=1S/C14H28N2/c1-11(2)14(9-15-12(3)4)16-8-6-7-13(5)10-16/h7,11-12,14-15H,6,8-10H2,1-5H3. The molecule has 0 spiro atoms. The van der Waals surface area contributed by atoms with E-state index in [0.717, 1.165) is 19.0 Å². The minimum absolute atomic E-state index is 0.586. The molecule has 1 aliphatic rings. The van der Waals surface area contributed by atoms with Crippen molar-refractivity contribution in [1.82, 2.24) is 10.2 Å². The second kappa shape index (κ2) is 6.41. The van der Waals surface area contributed by atoms with Crippen molar-refractivity contribution in [3.8, 4) is 0 Å². The Balaban J connectivity index is 2.52. The van der Waals surface area contributed by atoms with Gasteiger partial charge in [-0.15, -0.1) is 0 Å². The topological polar surface area (TPSA) is 15.3 Å². The molecule has 0 aromatic carbocycles. The predicted molar refractivity (Wildman–Crippen MR) is 71.7 cm³/mol. The summed E-state index contributed by atoms with van der Waals surface area (Å²) in [4.78, 5) is 2.63. The van der Waals surface area contributed by atoms with Crippen LogP contribution in [0.25, 0.3) is 0 Å². The minimum atomic E-state index is 0.586. The summed E-state index contributed by atoms with van der Waals surface area (Å²) in [7, 11) is 0. The summed E-state index contributed by atoms with van der Waals surface area (Å²) in [6, 6.07) is 1.26. The molecule has 1 unspecified atom stereocenters. The van der Waals surface area contributed by atoms with E-state index in [1.54, 1.807) is 0 Å². The van der Waals surface area contributed by atoms with Gasteiger partial charge in [0.2, 0.25) is 0 Å². The Morgan fingerprint density at radius 3 is 2.50 bits per heavy atom. The average Bonchev–Trinajstić information content (AvgIpc) is 2.17. The molecule has 1 N–H and O–H groups in total. The van der Waals surface area contributed by atoms with Crippen LogP contribution >= 0.6 is 0 Å². The highest BCUT2D eigenvalue weighted by molar-refractivity contribution is 5.05. The predicted octanol–water partition coefficient (Wildman–Crippen LogP) is 2.66. The van der Waals surface area contributed by atoms with Crippen molar-refractivity contribution < 1.29 is 0 Å². The van der Waals surface area contributed by atoms with Gasteiger partial charge in [-0.05, 0) is 19.3 Å². The summed E-state index contributed by atoms with van der Waals surface area (Å²) >= 11 is 0. The normalized spacial score (nSPS) is 20.3. The van der Waals surface area contributed by atoms with Crippen LogP contribution in [0.1, 0.15) is 41.0 Å². The van der Waals surface area contributed by atoms with E-state index in [1.807, 2.05) is 0 Å². The highest BCUT2D eigenvalue weighted by Crippen LogP contribution is 2.17. The molecule has 0 fully saturated rings.